The number of aliphatic carboxylic acids is 1. The molecule has 0 heterocycles. The standard InChI is InChI=1S/C12H22N2O3/c1-10(2)9-11(15)14(6-5-12(16)17)8-7-13(3)4/h9H,5-8H2,1-4H3,(H,16,17). The van der Waals surface area contributed by atoms with Gasteiger partial charge in [-0.3, -0.25) is 9.59 Å². The number of likely N-dealkylation sites (N-methyl/N-ethyl adjacent to an activating group) is 1. The monoisotopic (exact) mass is 242 g/mol. The Bertz CT molecular complexity index is 294. The molecule has 0 aromatic carbocycles. The van der Waals surface area contributed by atoms with Crippen molar-refractivity contribution in [1.29, 1.82) is 0 Å². The summed E-state index contributed by atoms with van der Waals surface area (Å²) in [6.07, 6.45) is 1.52. The van der Waals surface area contributed by atoms with E-state index in [0.717, 1.165) is 12.1 Å². The number of carbonyl (C=O) groups excluding carboxylic acids is 1. The molecular formula is C12H22N2O3. The van der Waals surface area contributed by atoms with Gasteiger partial charge in [0.15, 0.2) is 0 Å². The maximum atomic E-state index is 11.8. The second-order valence-corrected chi connectivity index (χ2v) is 4.49. The molecule has 0 aliphatic carbocycles. The number of hydrogen-bond acceptors (Lipinski definition) is 3. The van der Waals surface area contributed by atoms with Crippen LogP contribution in [0.3, 0.4) is 0 Å². The number of carboxylic acids is 1. The van der Waals surface area contributed by atoms with E-state index in [1.165, 1.54) is 6.08 Å². The molecule has 1 amide bonds. The molecule has 1 N–H and O–H groups in total. The largest absolute Gasteiger partial charge is 0.481 e. The number of hydrogen-bond donors (Lipinski definition) is 1. The molecule has 0 saturated heterocycles. The highest BCUT2D eigenvalue weighted by Crippen LogP contribution is 1.99. The fourth-order valence-electron chi connectivity index (χ4n) is 1.22. The average Bonchev–Trinajstić information content (AvgIpc) is 2.15. The highest BCUT2D eigenvalue weighted by atomic mass is 16.4. The molecule has 0 fully saturated rings. The lowest BCUT2D eigenvalue weighted by Crippen LogP contribution is -2.37. The van der Waals surface area contributed by atoms with E-state index >= 15 is 0 Å². The third-order valence-corrected chi connectivity index (χ3v) is 2.14. The fourth-order valence-corrected chi connectivity index (χ4v) is 1.22. The summed E-state index contributed by atoms with van der Waals surface area (Å²) in [5, 5.41) is 8.64. The Labute approximate surface area is 103 Å². The van der Waals surface area contributed by atoms with Crippen LogP contribution in [0.5, 0.6) is 0 Å². The van der Waals surface area contributed by atoms with Gasteiger partial charge >= 0.3 is 5.97 Å². The van der Waals surface area contributed by atoms with Gasteiger partial charge in [0.1, 0.15) is 0 Å². The number of amides is 1. The van der Waals surface area contributed by atoms with Crippen LogP contribution >= 0.6 is 0 Å². The molecule has 0 saturated carbocycles. The summed E-state index contributed by atoms with van der Waals surface area (Å²) in [7, 11) is 3.83. The Hall–Kier alpha value is -1.36. The van der Waals surface area contributed by atoms with E-state index in [1.54, 1.807) is 4.90 Å². The van der Waals surface area contributed by atoms with Crippen LogP contribution in [0.25, 0.3) is 0 Å². The molecule has 0 rings (SSSR count). The van der Waals surface area contributed by atoms with Crippen molar-refractivity contribution in [2.45, 2.75) is 20.3 Å². The van der Waals surface area contributed by atoms with E-state index < -0.39 is 5.97 Å². The van der Waals surface area contributed by atoms with Gasteiger partial charge in [0.05, 0.1) is 6.42 Å². The van der Waals surface area contributed by atoms with Gasteiger partial charge in [-0.2, -0.15) is 0 Å². The topological polar surface area (TPSA) is 60.9 Å². The van der Waals surface area contributed by atoms with Gasteiger partial charge in [0, 0.05) is 25.7 Å². The number of allylic oxidation sites excluding steroid dienone is 1. The highest BCUT2D eigenvalue weighted by molar-refractivity contribution is 5.88. The number of carboxylic acid groups (broad SMARTS) is 1. The maximum absolute atomic E-state index is 11.8. The zero-order valence-corrected chi connectivity index (χ0v) is 11.1. The van der Waals surface area contributed by atoms with Crippen LogP contribution in [-0.4, -0.2) is 60.5 Å². The summed E-state index contributed by atoms with van der Waals surface area (Å²) in [5.41, 5.74) is 0.917. The van der Waals surface area contributed by atoms with Crippen LogP contribution in [-0.2, 0) is 9.59 Å². The first-order valence-corrected chi connectivity index (χ1v) is 5.63. The second-order valence-electron chi connectivity index (χ2n) is 4.49. The minimum absolute atomic E-state index is 0.0181. The molecule has 0 aliphatic heterocycles. The van der Waals surface area contributed by atoms with Crippen molar-refractivity contribution in [2.75, 3.05) is 33.7 Å². The summed E-state index contributed by atoms with van der Waals surface area (Å²) in [6, 6.07) is 0. The third-order valence-electron chi connectivity index (χ3n) is 2.14. The van der Waals surface area contributed by atoms with E-state index in [1.807, 2.05) is 32.8 Å². The first-order valence-electron chi connectivity index (χ1n) is 5.63. The smallest absolute Gasteiger partial charge is 0.305 e. The summed E-state index contributed by atoms with van der Waals surface area (Å²) < 4.78 is 0. The van der Waals surface area contributed by atoms with E-state index in [9.17, 15) is 9.59 Å². The van der Waals surface area contributed by atoms with Gasteiger partial charge in [-0.15, -0.1) is 0 Å². The predicted octanol–water partition coefficient (Wildman–Crippen LogP) is 0.818. The van der Waals surface area contributed by atoms with Crippen molar-refractivity contribution in [3.8, 4) is 0 Å². The summed E-state index contributed by atoms with van der Waals surface area (Å²) in [6.45, 7) is 5.22. The van der Waals surface area contributed by atoms with E-state index in [0.29, 0.717) is 6.54 Å². The van der Waals surface area contributed by atoms with Crippen LogP contribution < -0.4 is 0 Å². The van der Waals surface area contributed by atoms with Crippen molar-refractivity contribution in [3.05, 3.63) is 11.6 Å². The fraction of sp³-hybridized carbons (Fsp3) is 0.667. The molecular weight excluding hydrogens is 220 g/mol. The van der Waals surface area contributed by atoms with Gasteiger partial charge in [-0.05, 0) is 27.9 Å². The zero-order chi connectivity index (χ0) is 13.4. The van der Waals surface area contributed by atoms with Gasteiger partial charge in [-0.1, -0.05) is 5.57 Å². The normalized spacial score (nSPS) is 10.2. The molecule has 0 atom stereocenters. The zero-order valence-electron chi connectivity index (χ0n) is 11.1. The molecule has 0 aromatic rings. The predicted molar refractivity (Wildman–Crippen MR) is 66.8 cm³/mol. The molecule has 0 aliphatic rings. The maximum Gasteiger partial charge on any atom is 0.305 e. The van der Waals surface area contributed by atoms with Gasteiger partial charge in [-0.25, -0.2) is 0 Å². The Morgan fingerprint density at radius 2 is 1.71 bits per heavy atom. The molecule has 5 nitrogen and oxygen atoms in total. The van der Waals surface area contributed by atoms with Crippen molar-refractivity contribution in [2.24, 2.45) is 0 Å². The third kappa shape index (κ3) is 8.45. The molecule has 0 bridgehead atoms. The quantitative estimate of drug-likeness (QED) is 0.671. The van der Waals surface area contributed by atoms with Crippen molar-refractivity contribution in [3.63, 3.8) is 0 Å². The van der Waals surface area contributed by atoms with Crippen LogP contribution in [0.2, 0.25) is 0 Å². The molecule has 0 unspecified atom stereocenters. The van der Waals surface area contributed by atoms with E-state index in [4.69, 9.17) is 5.11 Å². The number of nitrogens with zero attached hydrogens (tertiary/aromatic N) is 2. The summed E-state index contributed by atoms with van der Waals surface area (Å²) >= 11 is 0. The molecule has 0 aromatic heterocycles. The summed E-state index contributed by atoms with van der Waals surface area (Å²) in [4.78, 5) is 25.9. The van der Waals surface area contributed by atoms with E-state index in [2.05, 4.69) is 0 Å². The molecule has 0 radical (unpaired) electrons. The van der Waals surface area contributed by atoms with Crippen molar-refractivity contribution in [1.82, 2.24) is 9.80 Å². The van der Waals surface area contributed by atoms with Crippen LogP contribution in [0, 0.1) is 0 Å². The Morgan fingerprint density at radius 1 is 1.12 bits per heavy atom. The summed E-state index contributed by atoms with van der Waals surface area (Å²) in [5.74, 6) is -1.00. The van der Waals surface area contributed by atoms with Crippen LogP contribution in [0.1, 0.15) is 20.3 Å². The minimum Gasteiger partial charge on any atom is -0.481 e. The van der Waals surface area contributed by atoms with Crippen LogP contribution in [0.15, 0.2) is 11.6 Å². The number of rotatable bonds is 7. The van der Waals surface area contributed by atoms with Gasteiger partial charge in [0.25, 0.3) is 0 Å². The first-order chi connectivity index (χ1) is 7.82. The lowest BCUT2D eigenvalue weighted by molar-refractivity contribution is -0.138. The first kappa shape index (κ1) is 15.6. The molecule has 98 valence electrons. The van der Waals surface area contributed by atoms with Crippen molar-refractivity contribution < 1.29 is 14.7 Å². The second kappa shape index (κ2) is 7.84. The van der Waals surface area contributed by atoms with Crippen LogP contribution in [0.4, 0.5) is 0 Å². The highest BCUT2D eigenvalue weighted by Gasteiger charge is 2.12. The lowest BCUT2D eigenvalue weighted by Gasteiger charge is -2.22. The Balaban J connectivity index is 4.43. The number of carbonyl (C=O) groups is 2. The molecule has 5 heteroatoms. The van der Waals surface area contributed by atoms with Gasteiger partial charge < -0.3 is 14.9 Å². The Morgan fingerprint density at radius 3 is 2.12 bits per heavy atom. The van der Waals surface area contributed by atoms with Crippen molar-refractivity contribution >= 4 is 11.9 Å². The molecule has 0 spiro atoms. The lowest BCUT2D eigenvalue weighted by atomic mass is 10.3. The average molecular weight is 242 g/mol. The molecule has 17 heavy (non-hydrogen) atoms. The van der Waals surface area contributed by atoms with Gasteiger partial charge in [0.2, 0.25) is 5.91 Å². The van der Waals surface area contributed by atoms with E-state index in [-0.39, 0.29) is 18.9 Å². The Kier molecular flexibility index (Phi) is 7.21. The SMILES string of the molecule is CC(C)=CC(=O)N(CCC(=O)O)CCN(C)C. The minimum atomic E-state index is -0.884.